The van der Waals surface area contributed by atoms with Gasteiger partial charge in [-0.05, 0) is 41.0 Å². The Balaban J connectivity index is 1.85. The van der Waals surface area contributed by atoms with E-state index in [4.69, 9.17) is 11.6 Å². The molecule has 138 valence electrons. The van der Waals surface area contributed by atoms with E-state index in [1.165, 1.54) is 0 Å². The maximum Gasteiger partial charge on any atom is 0.223 e. The van der Waals surface area contributed by atoms with Crippen LogP contribution >= 0.6 is 11.6 Å². The Morgan fingerprint density at radius 2 is 1.96 bits per heavy atom. The first kappa shape index (κ1) is 18.9. The van der Waals surface area contributed by atoms with Crippen molar-refractivity contribution in [3.8, 4) is 5.75 Å². The van der Waals surface area contributed by atoms with Crippen molar-refractivity contribution in [3.63, 3.8) is 0 Å². The molecule has 1 heterocycles. The average molecular weight is 381 g/mol. The summed E-state index contributed by atoms with van der Waals surface area (Å²) in [5.74, 6) is -0.0810. The molecule has 1 N–H and O–H groups in total. The smallest absolute Gasteiger partial charge is 0.223 e. The van der Waals surface area contributed by atoms with Crippen molar-refractivity contribution >= 4 is 17.5 Å². The molecule has 1 amide bonds. The van der Waals surface area contributed by atoms with Crippen LogP contribution in [0, 0.1) is 0 Å². The van der Waals surface area contributed by atoms with Crippen molar-refractivity contribution < 1.29 is 9.90 Å². The lowest BCUT2D eigenvalue weighted by Gasteiger charge is -2.23. The second-order valence-corrected chi connectivity index (χ2v) is 6.89. The van der Waals surface area contributed by atoms with Crippen LogP contribution in [0.5, 0.6) is 5.75 Å². The van der Waals surface area contributed by atoms with E-state index in [0.717, 1.165) is 16.7 Å². The highest BCUT2D eigenvalue weighted by atomic mass is 35.5. The summed E-state index contributed by atoms with van der Waals surface area (Å²) in [6.45, 7) is 0.488. The first-order valence-corrected chi connectivity index (χ1v) is 9.08. The molecule has 27 heavy (non-hydrogen) atoms. The lowest BCUT2D eigenvalue weighted by atomic mass is 9.88. The Morgan fingerprint density at radius 3 is 2.67 bits per heavy atom. The number of rotatable bonds is 6. The second kappa shape index (κ2) is 8.69. The van der Waals surface area contributed by atoms with E-state index in [2.05, 4.69) is 4.98 Å². The van der Waals surface area contributed by atoms with Crippen molar-refractivity contribution in [3.05, 3.63) is 94.8 Å². The number of halogens is 1. The van der Waals surface area contributed by atoms with Crippen LogP contribution in [0.4, 0.5) is 0 Å². The van der Waals surface area contributed by atoms with Crippen LogP contribution in [0.2, 0.25) is 5.02 Å². The fourth-order valence-corrected chi connectivity index (χ4v) is 3.36. The third kappa shape index (κ3) is 4.86. The molecular formula is C22H21ClN2O2. The van der Waals surface area contributed by atoms with Gasteiger partial charge in [-0.1, -0.05) is 48.0 Å². The number of carbonyl (C=O) groups excluding carboxylic acids is 1. The third-order valence-electron chi connectivity index (χ3n) is 4.50. The molecule has 0 spiro atoms. The highest BCUT2D eigenvalue weighted by Gasteiger charge is 2.23. The predicted molar refractivity (Wildman–Crippen MR) is 107 cm³/mol. The van der Waals surface area contributed by atoms with Gasteiger partial charge in [-0.2, -0.15) is 0 Å². The molecule has 0 aliphatic heterocycles. The lowest BCUT2D eigenvalue weighted by molar-refractivity contribution is -0.130. The van der Waals surface area contributed by atoms with Crippen LogP contribution in [0.25, 0.3) is 0 Å². The number of nitrogens with zero attached hydrogens (tertiary/aromatic N) is 2. The van der Waals surface area contributed by atoms with Gasteiger partial charge in [0.1, 0.15) is 5.75 Å². The van der Waals surface area contributed by atoms with Gasteiger partial charge in [-0.3, -0.25) is 9.78 Å². The van der Waals surface area contributed by atoms with Gasteiger partial charge in [0.05, 0.1) is 0 Å². The van der Waals surface area contributed by atoms with Crippen LogP contribution in [0.3, 0.4) is 0 Å². The van der Waals surface area contributed by atoms with Gasteiger partial charge >= 0.3 is 0 Å². The van der Waals surface area contributed by atoms with Crippen molar-refractivity contribution in [1.82, 2.24) is 9.88 Å². The summed E-state index contributed by atoms with van der Waals surface area (Å²) in [4.78, 5) is 18.7. The third-order valence-corrected chi connectivity index (χ3v) is 4.84. The number of hydrogen-bond acceptors (Lipinski definition) is 3. The molecule has 4 nitrogen and oxygen atoms in total. The molecule has 3 aromatic rings. The first-order chi connectivity index (χ1) is 13.0. The molecule has 0 saturated heterocycles. The molecule has 0 saturated carbocycles. The first-order valence-electron chi connectivity index (χ1n) is 8.71. The molecule has 1 unspecified atom stereocenters. The monoisotopic (exact) mass is 380 g/mol. The average Bonchev–Trinajstić information content (AvgIpc) is 2.67. The summed E-state index contributed by atoms with van der Waals surface area (Å²) in [5.41, 5.74) is 2.69. The Kier molecular flexibility index (Phi) is 6.09. The van der Waals surface area contributed by atoms with Crippen molar-refractivity contribution in [2.75, 3.05) is 7.05 Å². The van der Waals surface area contributed by atoms with E-state index < -0.39 is 0 Å². The molecule has 0 aliphatic carbocycles. The van der Waals surface area contributed by atoms with Crippen LogP contribution in [-0.4, -0.2) is 27.9 Å². The summed E-state index contributed by atoms with van der Waals surface area (Å²) in [7, 11) is 1.78. The van der Waals surface area contributed by atoms with Gasteiger partial charge in [-0.25, -0.2) is 0 Å². The number of aromatic nitrogens is 1. The maximum atomic E-state index is 12.9. The largest absolute Gasteiger partial charge is 0.508 e. The zero-order chi connectivity index (χ0) is 19.2. The zero-order valence-electron chi connectivity index (χ0n) is 15.0. The molecule has 0 fully saturated rings. The number of phenols is 1. The minimum atomic E-state index is -0.241. The molecule has 0 radical (unpaired) electrons. The minimum Gasteiger partial charge on any atom is -0.508 e. The fourth-order valence-electron chi connectivity index (χ4n) is 3.09. The number of hydrogen-bond donors (Lipinski definition) is 1. The molecular weight excluding hydrogens is 360 g/mol. The highest BCUT2D eigenvalue weighted by Crippen LogP contribution is 2.34. The Bertz CT molecular complexity index is 915. The summed E-state index contributed by atoms with van der Waals surface area (Å²) < 4.78 is 0. The Hall–Kier alpha value is -2.85. The SMILES string of the molecule is CN(Cc1cccnc1)C(=O)CC(c1cccc(O)c1)c1ccccc1Cl. The van der Waals surface area contributed by atoms with Crippen LogP contribution in [0.15, 0.2) is 73.1 Å². The number of pyridine rings is 1. The number of carbonyl (C=O) groups is 1. The molecule has 0 bridgehead atoms. The van der Waals surface area contributed by atoms with E-state index in [1.807, 2.05) is 42.5 Å². The van der Waals surface area contributed by atoms with Crippen LogP contribution in [-0.2, 0) is 11.3 Å². The van der Waals surface area contributed by atoms with Gasteiger partial charge in [-0.15, -0.1) is 0 Å². The topological polar surface area (TPSA) is 53.4 Å². The highest BCUT2D eigenvalue weighted by molar-refractivity contribution is 6.31. The van der Waals surface area contributed by atoms with E-state index in [0.29, 0.717) is 11.6 Å². The molecule has 3 rings (SSSR count). The van der Waals surface area contributed by atoms with E-state index in [1.54, 1.807) is 42.5 Å². The van der Waals surface area contributed by atoms with Crippen molar-refractivity contribution in [2.45, 2.75) is 18.9 Å². The summed E-state index contributed by atoms with van der Waals surface area (Å²) >= 11 is 6.41. The van der Waals surface area contributed by atoms with Gasteiger partial charge in [0, 0.05) is 43.3 Å². The van der Waals surface area contributed by atoms with Gasteiger partial charge in [0.25, 0.3) is 0 Å². The fraction of sp³-hybridized carbons (Fsp3) is 0.182. The molecule has 1 aromatic heterocycles. The Labute approximate surface area is 164 Å². The van der Waals surface area contributed by atoms with Crippen molar-refractivity contribution in [1.29, 1.82) is 0 Å². The number of benzene rings is 2. The summed E-state index contributed by atoms with van der Waals surface area (Å²) in [6.07, 6.45) is 3.72. The summed E-state index contributed by atoms with van der Waals surface area (Å²) in [6, 6.07) is 18.3. The van der Waals surface area contributed by atoms with Crippen LogP contribution < -0.4 is 0 Å². The maximum absolute atomic E-state index is 12.9. The van der Waals surface area contributed by atoms with E-state index in [-0.39, 0.29) is 24.0 Å². The normalized spacial score (nSPS) is 11.8. The molecule has 2 aromatic carbocycles. The van der Waals surface area contributed by atoms with Crippen LogP contribution in [0.1, 0.15) is 29.0 Å². The second-order valence-electron chi connectivity index (χ2n) is 6.48. The molecule has 5 heteroatoms. The quantitative estimate of drug-likeness (QED) is 0.678. The standard InChI is InChI=1S/C22H21ClN2O2/c1-25(15-16-6-5-11-24-14-16)22(27)13-20(17-7-4-8-18(26)12-17)19-9-2-3-10-21(19)23/h2-12,14,20,26H,13,15H2,1H3. The van der Waals surface area contributed by atoms with E-state index in [9.17, 15) is 9.90 Å². The lowest BCUT2D eigenvalue weighted by Crippen LogP contribution is -2.28. The zero-order valence-corrected chi connectivity index (χ0v) is 15.8. The molecule has 1 atom stereocenters. The summed E-state index contributed by atoms with van der Waals surface area (Å²) in [5, 5.41) is 10.5. The predicted octanol–water partition coefficient (Wildman–Crippen LogP) is 4.62. The number of aromatic hydroxyl groups is 1. The molecule has 0 aliphatic rings. The van der Waals surface area contributed by atoms with Crippen molar-refractivity contribution in [2.24, 2.45) is 0 Å². The number of phenolic OH excluding ortho intramolecular Hbond substituents is 1. The van der Waals surface area contributed by atoms with Gasteiger partial charge in [0.2, 0.25) is 5.91 Å². The minimum absolute atomic E-state index is 0.00730. The van der Waals surface area contributed by atoms with E-state index >= 15 is 0 Å². The Morgan fingerprint density at radius 1 is 1.15 bits per heavy atom. The van der Waals surface area contributed by atoms with Gasteiger partial charge in [0.15, 0.2) is 0 Å². The number of amides is 1. The van der Waals surface area contributed by atoms with Gasteiger partial charge < -0.3 is 10.0 Å².